The molecular formula is C17H20FNO4S2. The lowest BCUT2D eigenvalue weighted by molar-refractivity contribution is 0.346. The molecule has 0 unspecified atom stereocenters. The molecule has 2 rings (SSSR count). The molecule has 25 heavy (non-hydrogen) atoms. The average Bonchev–Trinajstić information content (AvgIpc) is 2.52. The van der Waals surface area contributed by atoms with Gasteiger partial charge in [0.15, 0.2) is 9.84 Å². The van der Waals surface area contributed by atoms with Crippen LogP contribution in [0.5, 0.6) is 0 Å². The molecule has 5 nitrogen and oxygen atoms in total. The number of nitrogens with zero attached hydrogens (tertiary/aromatic N) is 1. The van der Waals surface area contributed by atoms with Crippen LogP contribution < -0.4 is 0 Å². The van der Waals surface area contributed by atoms with Gasteiger partial charge in [0.1, 0.15) is 10.7 Å². The Morgan fingerprint density at radius 2 is 1.60 bits per heavy atom. The molecule has 136 valence electrons. The molecular weight excluding hydrogens is 365 g/mol. The average molecular weight is 385 g/mol. The summed E-state index contributed by atoms with van der Waals surface area (Å²) in [4.78, 5) is -0.879. The van der Waals surface area contributed by atoms with Gasteiger partial charge in [0.2, 0.25) is 10.0 Å². The third kappa shape index (κ3) is 4.45. The van der Waals surface area contributed by atoms with E-state index in [0.29, 0.717) is 0 Å². The minimum atomic E-state index is -4.22. The smallest absolute Gasteiger partial charge is 0.224 e. The fraction of sp³-hybridized carbons (Fsp3) is 0.294. The number of rotatable bonds is 6. The van der Waals surface area contributed by atoms with Gasteiger partial charge < -0.3 is 0 Å². The third-order valence-corrected chi connectivity index (χ3v) is 6.82. The highest BCUT2D eigenvalue weighted by atomic mass is 32.2. The lowest BCUT2D eigenvalue weighted by Crippen LogP contribution is -2.36. The zero-order chi connectivity index (χ0) is 18.8. The van der Waals surface area contributed by atoms with E-state index in [4.69, 9.17) is 0 Å². The molecule has 0 heterocycles. The summed E-state index contributed by atoms with van der Waals surface area (Å²) in [6.45, 7) is 3.42. The van der Waals surface area contributed by atoms with Crippen molar-refractivity contribution < 1.29 is 21.2 Å². The van der Waals surface area contributed by atoms with E-state index in [1.165, 1.54) is 0 Å². The monoisotopic (exact) mass is 385 g/mol. The van der Waals surface area contributed by atoms with E-state index in [2.05, 4.69) is 0 Å². The van der Waals surface area contributed by atoms with E-state index < -0.39 is 36.6 Å². The maximum Gasteiger partial charge on any atom is 0.246 e. The van der Waals surface area contributed by atoms with Crippen molar-refractivity contribution in [3.8, 4) is 0 Å². The van der Waals surface area contributed by atoms with Crippen LogP contribution in [0.15, 0.2) is 58.3 Å². The topological polar surface area (TPSA) is 71.5 Å². The highest BCUT2D eigenvalue weighted by Crippen LogP contribution is 2.26. The molecule has 0 saturated carbocycles. The maximum absolute atomic E-state index is 14.2. The normalized spacial score (nSPS) is 12.7. The van der Waals surface area contributed by atoms with E-state index in [1.807, 2.05) is 6.07 Å². The van der Waals surface area contributed by atoms with Crippen molar-refractivity contribution in [2.45, 2.75) is 36.2 Å². The molecule has 0 aliphatic heterocycles. The largest absolute Gasteiger partial charge is 0.246 e. The summed E-state index contributed by atoms with van der Waals surface area (Å²) in [5.41, 5.74) is 0.749. The van der Waals surface area contributed by atoms with Crippen LogP contribution in [0.3, 0.4) is 0 Å². The van der Waals surface area contributed by atoms with Gasteiger partial charge in [0.05, 0.1) is 4.90 Å². The second-order valence-electron chi connectivity index (χ2n) is 5.99. The highest BCUT2D eigenvalue weighted by Gasteiger charge is 2.30. The molecule has 0 atom stereocenters. The lowest BCUT2D eigenvalue weighted by atomic mass is 10.2. The molecule has 0 radical (unpaired) electrons. The van der Waals surface area contributed by atoms with Crippen molar-refractivity contribution in [2.24, 2.45) is 0 Å². The quantitative estimate of drug-likeness (QED) is 0.717. The summed E-state index contributed by atoms with van der Waals surface area (Å²) in [6, 6.07) is 11.3. The van der Waals surface area contributed by atoms with Gasteiger partial charge in [-0.25, -0.2) is 21.2 Å². The molecule has 0 N–H and O–H groups in total. The number of benzene rings is 2. The molecule has 8 heteroatoms. The second-order valence-corrected chi connectivity index (χ2v) is 9.87. The molecule has 0 amide bonds. The zero-order valence-electron chi connectivity index (χ0n) is 14.2. The molecule has 2 aromatic carbocycles. The van der Waals surface area contributed by atoms with Crippen LogP contribution in [0.1, 0.15) is 19.4 Å². The fourth-order valence-corrected chi connectivity index (χ4v) is 4.79. The van der Waals surface area contributed by atoms with Crippen molar-refractivity contribution in [1.29, 1.82) is 0 Å². The first-order valence-electron chi connectivity index (χ1n) is 7.59. The SMILES string of the molecule is CC(C)N(Cc1ccccc1)S(=O)(=O)c1cc(S(C)(=O)=O)ccc1F. The Hall–Kier alpha value is -1.77. The summed E-state index contributed by atoms with van der Waals surface area (Å²) in [5, 5.41) is 0. The Morgan fingerprint density at radius 3 is 2.12 bits per heavy atom. The van der Waals surface area contributed by atoms with E-state index in [-0.39, 0.29) is 11.4 Å². The molecule has 0 fully saturated rings. The Labute approximate surface area is 148 Å². The van der Waals surface area contributed by atoms with Gasteiger partial charge in [0.25, 0.3) is 0 Å². The van der Waals surface area contributed by atoms with Crippen LogP contribution >= 0.6 is 0 Å². The van der Waals surface area contributed by atoms with E-state index in [0.717, 1.165) is 34.3 Å². The van der Waals surface area contributed by atoms with Crippen molar-refractivity contribution in [3.05, 3.63) is 59.9 Å². The van der Waals surface area contributed by atoms with Crippen LogP contribution in [0.25, 0.3) is 0 Å². The van der Waals surface area contributed by atoms with E-state index in [9.17, 15) is 21.2 Å². The zero-order valence-corrected chi connectivity index (χ0v) is 15.8. The summed E-state index contributed by atoms with van der Waals surface area (Å²) >= 11 is 0. The maximum atomic E-state index is 14.2. The van der Waals surface area contributed by atoms with Crippen LogP contribution in [-0.2, 0) is 26.4 Å². The van der Waals surface area contributed by atoms with E-state index >= 15 is 0 Å². The predicted octanol–water partition coefficient (Wildman–Crippen LogP) is 2.83. The summed E-state index contributed by atoms with van der Waals surface area (Å²) in [7, 11) is -7.87. The Bertz CT molecular complexity index is 955. The second kappa shape index (κ2) is 7.23. The molecule has 0 aromatic heterocycles. The number of sulfonamides is 1. The standard InChI is InChI=1S/C17H20FNO4S2/c1-13(2)19(12-14-7-5-4-6-8-14)25(22,23)17-11-15(24(3,20)21)9-10-16(17)18/h4-11,13H,12H2,1-3H3. The fourth-order valence-electron chi connectivity index (χ4n) is 2.35. The van der Waals surface area contributed by atoms with Crippen molar-refractivity contribution >= 4 is 19.9 Å². The minimum Gasteiger partial charge on any atom is -0.224 e. The first-order valence-corrected chi connectivity index (χ1v) is 10.9. The number of hydrogen-bond acceptors (Lipinski definition) is 4. The molecule has 0 bridgehead atoms. The van der Waals surface area contributed by atoms with Crippen molar-refractivity contribution in [2.75, 3.05) is 6.26 Å². The number of halogens is 1. The van der Waals surface area contributed by atoms with Crippen molar-refractivity contribution in [1.82, 2.24) is 4.31 Å². The van der Waals surface area contributed by atoms with Gasteiger partial charge >= 0.3 is 0 Å². The Kier molecular flexibility index (Phi) is 5.65. The molecule has 0 saturated heterocycles. The molecule has 2 aromatic rings. The van der Waals surface area contributed by atoms with Gasteiger partial charge in [-0.15, -0.1) is 0 Å². The first kappa shape index (κ1) is 19.6. The third-order valence-electron chi connectivity index (χ3n) is 3.67. The van der Waals surface area contributed by atoms with E-state index in [1.54, 1.807) is 38.1 Å². The predicted molar refractivity (Wildman–Crippen MR) is 93.8 cm³/mol. The van der Waals surface area contributed by atoms with Gasteiger partial charge in [-0.1, -0.05) is 30.3 Å². The highest BCUT2D eigenvalue weighted by molar-refractivity contribution is 7.91. The van der Waals surface area contributed by atoms with Crippen molar-refractivity contribution in [3.63, 3.8) is 0 Å². The van der Waals surface area contributed by atoms with Crippen LogP contribution in [-0.4, -0.2) is 33.4 Å². The van der Waals surface area contributed by atoms with Gasteiger partial charge in [0, 0.05) is 18.8 Å². The number of sulfone groups is 1. The van der Waals surface area contributed by atoms with Gasteiger partial charge in [-0.3, -0.25) is 0 Å². The summed E-state index contributed by atoms with van der Waals surface area (Å²) in [6.07, 6.45) is 0.945. The molecule has 0 aliphatic carbocycles. The summed E-state index contributed by atoms with van der Waals surface area (Å²) < 4.78 is 64.7. The van der Waals surface area contributed by atoms with Gasteiger partial charge in [-0.2, -0.15) is 4.31 Å². The molecule has 0 aliphatic rings. The molecule has 0 spiro atoms. The summed E-state index contributed by atoms with van der Waals surface area (Å²) in [5.74, 6) is -0.980. The van der Waals surface area contributed by atoms with Crippen LogP contribution in [0.4, 0.5) is 4.39 Å². The Morgan fingerprint density at radius 1 is 1.00 bits per heavy atom. The van der Waals surface area contributed by atoms with Gasteiger partial charge in [-0.05, 0) is 37.6 Å². The number of hydrogen-bond donors (Lipinski definition) is 0. The minimum absolute atomic E-state index is 0.0589. The van der Waals surface area contributed by atoms with Crippen LogP contribution in [0, 0.1) is 5.82 Å². The van der Waals surface area contributed by atoms with Crippen LogP contribution in [0.2, 0.25) is 0 Å². The Balaban J connectivity index is 2.54. The first-order chi connectivity index (χ1) is 11.5. The lowest BCUT2D eigenvalue weighted by Gasteiger charge is -2.26.